The molecule has 1 aromatic rings. The Bertz CT molecular complexity index is 416. The second kappa shape index (κ2) is 5.89. The van der Waals surface area contributed by atoms with Crippen LogP contribution in [0.15, 0.2) is 27.6 Å². The maximum Gasteiger partial charge on any atom is 0.339 e. The van der Waals surface area contributed by atoms with Gasteiger partial charge in [-0.15, -0.1) is 12.6 Å². The number of hydrogen-bond acceptors (Lipinski definition) is 4. The predicted molar refractivity (Wildman–Crippen MR) is 70.7 cm³/mol. The molecule has 0 radical (unpaired) electrons. The topological polar surface area (TPSA) is 35.5 Å². The van der Waals surface area contributed by atoms with Gasteiger partial charge in [-0.2, -0.15) is 0 Å². The number of hydrogen-bond donors (Lipinski definition) is 1. The molecular formula is C12H13BrO3S. The van der Waals surface area contributed by atoms with E-state index in [1.54, 1.807) is 18.2 Å². The highest BCUT2D eigenvalue weighted by Crippen LogP contribution is 2.21. The van der Waals surface area contributed by atoms with Crippen LogP contribution in [0, 0.1) is 0 Å². The average Bonchev–Trinajstić information content (AvgIpc) is 2.78. The van der Waals surface area contributed by atoms with Gasteiger partial charge in [0.25, 0.3) is 0 Å². The molecule has 0 aliphatic carbocycles. The normalized spacial score (nSPS) is 19.3. The molecule has 0 saturated carbocycles. The van der Waals surface area contributed by atoms with Gasteiger partial charge in [0.05, 0.1) is 11.7 Å². The molecule has 3 nitrogen and oxygen atoms in total. The minimum atomic E-state index is -0.349. The van der Waals surface area contributed by atoms with E-state index < -0.39 is 0 Å². The lowest BCUT2D eigenvalue weighted by molar-refractivity contribution is 0.0158. The summed E-state index contributed by atoms with van der Waals surface area (Å²) in [6.45, 7) is 1.08. The van der Waals surface area contributed by atoms with Crippen molar-refractivity contribution in [3.8, 4) is 0 Å². The van der Waals surface area contributed by atoms with Crippen LogP contribution in [0.25, 0.3) is 0 Å². The van der Waals surface area contributed by atoms with Crippen LogP contribution in [0.3, 0.4) is 0 Å². The van der Waals surface area contributed by atoms with Crippen molar-refractivity contribution in [3.05, 3.63) is 28.2 Å². The highest BCUT2D eigenvalue weighted by molar-refractivity contribution is 9.10. The van der Waals surface area contributed by atoms with Crippen LogP contribution in [0.4, 0.5) is 0 Å². The second-order valence-electron chi connectivity index (χ2n) is 3.89. The van der Waals surface area contributed by atoms with E-state index in [-0.39, 0.29) is 12.1 Å². The Balaban J connectivity index is 1.94. The highest BCUT2D eigenvalue weighted by atomic mass is 79.9. The van der Waals surface area contributed by atoms with Crippen molar-refractivity contribution in [2.24, 2.45) is 0 Å². The summed E-state index contributed by atoms with van der Waals surface area (Å²) in [6, 6.07) is 5.26. The maximum absolute atomic E-state index is 11.8. The smallest absolute Gasteiger partial charge is 0.339 e. The molecule has 0 N–H and O–H groups in total. The van der Waals surface area contributed by atoms with Gasteiger partial charge in [-0.05, 0) is 31.0 Å². The summed E-state index contributed by atoms with van der Waals surface area (Å²) in [4.78, 5) is 12.4. The molecule has 17 heavy (non-hydrogen) atoms. The van der Waals surface area contributed by atoms with Crippen molar-refractivity contribution in [2.45, 2.75) is 23.8 Å². The van der Waals surface area contributed by atoms with Crippen LogP contribution in [0.5, 0.6) is 0 Å². The van der Waals surface area contributed by atoms with Gasteiger partial charge in [-0.3, -0.25) is 0 Å². The van der Waals surface area contributed by atoms with E-state index >= 15 is 0 Å². The van der Waals surface area contributed by atoms with Gasteiger partial charge in [-0.25, -0.2) is 4.79 Å². The summed E-state index contributed by atoms with van der Waals surface area (Å²) in [5.41, 5.74) is 0.481. The zero-order valence-corrected chi connectivity index (χ0v) is 11.7. The van der Waals surface area contributed by atoms with E-state index in [1.165, 1.54) is 0 Å². The van der Waals surface area contributed by atoms with Crippen LogP contribution >= 0.6 is 28.6 Å². The van der Waals surface area contributed by atoms with Gasteiger partial charge in [0.1, 0.15) is 6.61 Å². The molecule has 1 saturated heterocycles. The average molecular weight is 317 g/mol. The summed E-state index contributed by atoms with van der Waals surface area (Å²) < 4.78 is 11.5. The van der Waals surface area contributed by atoms with Crippen molar-refractivity contribution < 1.29 is 14.3 Å². The van der Waals surface area contributed by atoms with Crippen LogP contribution < -0.4 is 0 Å². The van der Waals surface area contributed by atoms with Gasteiger partial charge >= 0.3 is 5.97 Å². The standard InChI is InChI=1S/C12H13BrO3S/c13-8-3-4-10(11(17)6-8)12(14)16-7-9-2-1-5-15-9/h3-4,6,9,17H,1-2,5,7H2. The number of halogens is 1. The summed E-state index contributed by atoms with van der Waals surface area (Å²) >= 11 is 7.56. The first-order valence-corrected chi connectivity index (χ1v) is 6.68. The molecule has 1 atom stereocenters. The summed E-state index contributed by atoms with van der Waals surface area (Å²) in [5, 5.41) is 0. The fourth-order valence-corrected chi connectivity index (χ4v) is 2.54. The first kappa shape index (κ1) is 12.9. The molecule has 0 spiro atoms. The van der Waals surface area contributed by atoms with Gasteiger partial charge < -0.3 is 9.47 Å². The number of thiol groups is 1. The summed E-state index contributed by atoms with van der Waals surface area (Å²) in [6.07, 6.45) is 2.05. The third-order valence-electron chi connectivity index (χ3n) is 2.60. The third kappa shape index (κ3) is 3.47. The Kier molecular flexibility index (Phi) is 4.48. The Morgan fingerprint density at radius 1 is 1.59 bits per heavy atom. The number of carbonyl (C=O) groups is 1. The van der Waals surface area contributed by atoms with Crippen molar-refractivity contribution in [3.63, 3.8) is 0 Å². The van der Waals surface area contributed by atoms with Crippen LogP contribution in [-0.4, -0.2) is 25.3 Å². The Morgan fingerprint density at radius 2 is 2.41 bits per heavy atom. The van der Waals surface area contributed by atoms with E-state index in [0.717, 1.165) is 23.9 Å². The van der Waals surface area contributed by atoms with Crippen LogP contribution in [0.2, 0.25) is 0 Å². The van der Waals surface area contributed by atoms with E-state index in [1.807, 2.05) is 0 Å². The van der Waals surface area contributed by atoms with Crippen molar-refractivity contribution in [2.75, 3.05) is 13.2 Å². The Labute approximate surface area is 114 Å². The molecule has 5 heteroatoms. The first-order chi connectivity index (χ1) is 8.16. The fraction of sp³-hybridized carbons (Fsp3) is 0.417. The zero-order chi connectivity index (χ0) is 12.3. The van der Waals surface area contributed by atoms with Gasteiger partial charge in [0.2, 0.25) is 0 Å². The predicted octanol–water partition coefficient (Wildman–Crippen LogP) is 3.07. The number of carbonyl (C=O) groups excluding carboxylic acids is 1. The molecule has 1 aliphatic heterocycles. The third-order valence-corrected chi connectivity index (χ3v) is 3.47. The molecule has 92 valence electrons. The summed E-state index contributed by atoms with van der Waals surface area (Å²) in [7, 11) is 0. The molecule has 0 amide bonds. The van der Waals surface area contributed by atoms with Gasteiger partial charge in [0.15, 0.2) is 0 Å². The number of rotatable bonds is 3. The molecule has 1 fully saturated rings. The van der Waals surface area contributed by atoms with Crippen molar-refractivity contribution >= 4 is 34.5 Å². The zero-order valence-electron chi connectivity index (χ0n) is 9.19. The lowest BCUT2D eigenvalue weighted by Gasteiger charge is -2.11. The van der Waals surface area contributed by atoms with E-state index in [2.05, 4.69) is 28.6 Å². The molecular weight excluding hydrogens is 304 g/mol. The minimum absolute atomic E-state index is 0.0535. The lowest BCUT2D eigenvalue weighted by Crippen LogP contribution is -2.18. The molecule has 0 aromatic heterocycles. The van der Waals surface area contributed by atoms with Gasteiger partial charge in [0, 0.05) is 16.0 Å². The van der Waals surface area contributed by atoms with E-state index in [4.69, 9.17) is 9.47 Å². The molecule has 1 heterocycles. The lowest BCUT2D eigenvalue weighted by atomic mass is 10.2. The monoisotopic (exact) mass is 316 g/mol. The quantitative estimate of drug-likeness (QED) is 0.687. The van der Waals surface area contributed by atoms with Crippen molar-refractivity contribution in [1.29, 1.82) is 0 Å². The SMILES string of the molecule is O=C(OCC1CCCO1)c1ccc(Br)cc1S. The second-order valence-corrected chi connectivity index (χ2v) is 5.29. The molecule has 0 bridgehead atoms. The van der Waals surface area contributed by atoms with E-state index in [0.29, 0.717) is 17.1 Å². The number of esters is 1. The number of ether oxygens (including phenoxy) is 2. The van der Waals surface area contributed by atoms with Crippen molar-refractivity contribution in [1.82, 2.24) is 0 Å². The van der Waals surface area contributed by atoms with Crippen LogP contribution in [0.1, 0.15) is 23.2 Å². The fourth-order valence-electron chi connectivity index (χ4n) is 1.70. The largest absolute Gasteiger partial charge is 0.459 e. The maximum atomic E-state index is 11.8. The molecule has 1 aromatic carbocycles. The Hall–Kier alpha value is -0.520. The molecule has 1 unspecified atom stereocenters. The highest BCUT2D eigenvalue weighted by Gasteiger charge is 2.19. The van der Waals surface area contributed by atoms with Crippen LogP contribution in [-0.2, 0) is 9.47 Å². The first-order valence-electron chi connectivity index (χ1n) is 5.44. The molecule has 1 aliphatic rings. The summed E-state index contributed by atoms with van der Waals surface area (Å²) in [5.74, 6) is -0.349. The number of benzene rings is 1. The molecule has 2 rings (SSSR count). The minimum Gasteiger partial charge on any atom is -0.459 e. The van der Waals surface area contributed by atoms with E-state index in [9.17, 15) is 4.79 Å². The Morgan fingerprint density at radius 3 is 3.06 bits per heavy atom. The van der Waals surface area contributed by atoms with Gasteiger partial charge in [-0.1, -0.05) is 15.9 Å².